The van der Waals surface area contributed by atoms with Crippen LogP contribution in [0.1, 0.15) is 23.6 Å². The van der Waals surface area contributed by atoms with Crippen LogP contribution < -0.4 is 9.47 Å². The second-order valence-corrected chi connectivity index (χ2v) is 7.84. The number of nitro groups is 1. The summed E-state index contributed by atoms with van der Waals surface area (Å²) in [4.78, 5) is 36.3. The van der Waals surface area contributed by atoms with Crippen molar-refractivity contribution in [1.29, 1.82) is 0 Å². The number of imide groups is 1. The second-order valence-electron chi connectivity index (χ2n) is 6.84. The molecule has 166 valence electrons. The van der Waals surface area contributed by atoms with E-state index in [1.165, 1.54) is 24.1 Å². The average Bonchev–Trinajstić information content (AvgIpc) is 3.05. The van der Waals surface area contributed by atoms with Crippen LogP contribution in [0.15, 0.2) is 54.0 Å². The molecule has 0 aliphatic carbocycles. The molecule has 0 aromatic heterocycles. The number of nitrogens with zero attached hydrogens (tertiary/aromatic N) is 2. The molecule has 9 heteroatoms. The quantitative estimate of drug-likeness (QED) is 0.228. The number of ether oxygens (including phenoxy) is 2. The van der Waals surface area contributed by atoms with Crippen LogP contribution in [-0.4, -0.2) is 34.6 Å². The van der Waals surface area contributed by atoms with Gasteiger partial charge < -0.3 is 9.47 Å². The normalized spacial score (nSPS) is 14.7. The lowest BCUT2D eigenvalue weighted by atomic mass is 10.0. The van der Waals surface area contributed by atoms with Crippen LogP contribution in [0.4, 0.5) is 10.5 Å². The van der Waals surface area contributed by atoms with Crippen LogP contribution in [-0.2, 0) is 17.8 Å². The van der Waals surface area contributed by atoms with E-state index in [4.69, 9.17) is 9.47 Å². The molecule has 1 aliphatic rings. The molecule has 1 heterocycles. The number of carbonyl (C=O) groups is 2. The summed E-state index contributed by atoms with van der Waals surface area (Å²) >= 11 is 0.907. The number of likely N-dealkylation sites (N-methyl/N-ethyl adjacent to an activating group) is 1. The van der Waals surface area contributed by atoms with Crippen LogP contribution >= 0.6 is 11.8 Å². The Balaban J connectivity index is 1.89. The summed E-state index contributed by atoms with van der Waals surface area (Å²) < 4.78 is 11.5. The first-order chi connectivity index (χ1) is 15.4. The van der Waals surface area contributed by atoms with Gasteiger partial charge in [-0.05, 0) is 66.6 Å². The maximum Gasteiger partial charge on any atom is 0.293 e. The first-order valence-electron chi connectivity index (χ1n) is 9.81. The molecule has 0 bridgehead atoms. The highest BCUT2D eigenvalue weighted by Gasteiger charge is 2.33. The van der Waals surface area contributed by atoms with Crippen LogP contribution in [0.3, 0.4) is 0 Å². The third-order valence-electron chi connectivity index (χ3n) is 4.76. The maximum absolute atomic E-state index is 12.4. The molecule has 32 heavy (non-hydrogen) atoms. The van der Waals surface area contributed by atoms with Gasteiger partial charge in [-0.2, -0.15) is 0 Å². The highest BCUT2D eigenvalue weighted by Crippen LogP contribution is 2.37. The van der Waals surface area contributed by atoms with Crippen molar-refractivity contribution in [3.8, 4) is 11.5 Å². The van der Waals surface area contributed by atoms with E-state index < -0.39 is 4.92 Å². The molecular formula is C23H22N2O6S. The van der Waals surface area contributed by atoms with Crippen molar-refractivity contribution in [2.24, 2.45) is 0 Å². The van der Waals surface area contributed by atoms with Gasteiger partial charge in [-0.15, -0.1) is 6.58 Å². The summed E-state index contributed by atoms with van der Waals surface area (Å²) in [7, 11) is 1.51. The fourth-order valence-corrected chi connectivity index (χ4v) is 4.09. The van der Waals surface area contributed by atoms with E-state index in [0.29, 0.717) is 34.9 Å². The minimum Gasteiger partial charge on any atom is -0.493 e. The molecule has 2 amide bonds. The SMILES string of the molecule is C=CCc1cc(/C=C2/SC(=O)N(CC)C2=O)cc(OC)c1OCc1ccc([N+](=O)[O-])cc1. The standard InChI is InChI=1S/C23H22N2O6S/c1-4-6-17-11-16(13-20-22(26)24(5-2)23(27)32-20)12-19(30-3)21(17)31-14-15-7-9-18(10-8-15)25(28)29/h4,7-13H,1,5-6,14H2,2-3H3/b20-13+. The number of rotatable bonds is 9. The van der Waals surface area contributed by atoms with Gasteiger partial charge in [0.15, 0.2) is 11.5 Å². The molecule has 2 aromatic rings. The Morgan fingerprint density at radius 3 is 2.50 bits per heavy atom. The number of hydrogen-bond acceptors (Lipinski definition) is 7. The van der Waals surface area contributed by atoms with E-state index in [1.807, 2.05) is 6.07 Å². The number of carbonyl (C=O) groups excluding carboxylic acids is 2. The summed E-state index contributed by atoms with van der Waals surface area (Å²) in [5.74, 6) is 0.669. The molecule has 0 saturated carbocycles. The minimum absolute atomic E-state index is 0.00974. The Labute approximate surface area is 189 Å². The molecule has 0 radical (unpaired) electrons. The number of hydrogen-bond donors (Lipinski definition) is 0. The van der Waals surface area contributed by atoms with Crippen molar-refractivity contribution in [2.45, 2.75) is 20.0 Å². The summed E-state index contributed by atoms with van der Waals surface area (Å²) in [6.07, 6.45) is 3.88. The van der Waals surface area contributed by atoms with Crippen molar-refractivity contribution < 1.29 is 24.0 Å². The van der Waals surface area contributed by atoms with Crippen LogP contribution in [0.5, 0.6) is 11.5 Å². The van der Waals surface area contributed by atoms with Crippen LogP contribution in [0, 0.1) is 10.1 Å². The Hall–Kier alpha value is -3.59. The Morgan fingerprint density at radius 2 is 1.94 bits per heavy atom. The van der Waals surface area contributed by atoms with Gasteiger partial charge in [0.05, 0.1) is 16.9 Å². The average molecular weight is 455 g/mol. The summed E-state index contributed by atoms with van der Waals surface area (Å²) in [5, 5.41) is 10.5. The molecule has 1 saturated heterocycles. The zero-order valence-electron chi connectivity index (χ0n) is 17.7. The summed E-state index contributed by atoms with van der Waals surface area (Å²) in [6.45, 7) is 6.05. The molecule has 2 aromatic carbocycles. The van der Waals surface area contributed by atoms with E-state index in [9.17, 15) is 19.7 Å². The molecule has 1 fully saturated rings. The maximum atomic E-state index is 12.4. The third kappa shape index (κ3) is 5.00. The first-order valence-corrected chi connectivity index (χ1v) is 10.6. The van der Waals surface area contributed by atoms with Gasteiger partial charge in [-0.25, -0.2) is 0 Å². The smallest absolute Gasteiger partial charge is 0.293 e. The van der Waals surface area contributed by atoms with Crippen molar-refractivity contribution in [3.05, 3.63) is 80.8 Å². The van der Waals surface area contributed by atoms with Crippen molar-refractivity contribution in [3.63, 3.8) is 0 Å². The highest BCUT2D eigenvalue weighted by atomic mass is 32.2. The summed E-state index contributed by atoms with van der Waals surface area (Å²) in [6, 6.07) is 9.71. The Morgan fingerprint density at radius 1 is 1.22 bits per heavy atom. The molecule has 0 spiro atoms. The van der Waals surface area contributed by atoms with Gasteiger partial charge in [-0.3, -0.25) is 24.6 Å². The third-order valence-corrected chi connectivity index (χ3v) is 5.66. The number of nitro benzene ring substituents is 1. The molecule has 0 N–H and O–H groups in total. The van der Waals surface area contributed by atoms with E-state index in [2.05, 4.69) is 6.58 Å². The van der Waals surface area contributed by atoms with Gasteiger partial charge in [0.2, 0.25) is 0 Å². The summed E-state index contributed by atoms with van der Waals surface area (Å²) in [5.41, 5.74) is 2.26. The topological polar surface area (TPSA) is 99.0 Å². The monoisotopic (exact) mass is 454 g/mol. The highest BCUT2D eigenvalue weighted by molar-refractivity contribution is 8.18. The van der Waals surface area contributed by atoms with Crippen LogP contribution in [0.2, 0.25) is 0 Å². The number of amides is 2. The van der Waals surface area contributed by atoms with Gasteiger partial charge in [0.25, 0.3) is 16.8 Å². The lowest BCUT2D eigenvalue weighted by Crippen LogP contribution is -2.27. The van der Waals surface area contributed by atoms with E-state index >= 15 is 0 Å². The number of allylic oxidation sites excluding steroid dienone is 1. The molecule has 0 atom stereocenters. The van der Waals surface area contributed by atoms with E-state index in [-0.39, 0.29) is 23.4 Å². The number of methoxy groups -OCH3 is 1. The zero-order valence-corrected chi connectivity index (χ0v) is 18.5. The van der Waals surface area contributed by atoms with Crippen molar-refractivity contribution in [2.75, 3.05) is 13.7 Å². The van der Waals surface area contributed by atoms with E-state index in [0.717, 1.165) is 22.9 Å². The van der Waals surface area contributed by atoms with Gasteiger partial charge >= 0.3 is 0 Å². The van der Waals surface area contributed by atoms with Gasteiger partial charge in [-0.1, -0.05) is 6.08 Å². The van der Waals surface area contributed by atoms with Gasteiger partial charge in [0, 0.05) is 24.2 Å². The lowest BCUT2D eigenvalue weighted by molar-refractivity contribution is -0.384. The van der Waals surface area contributed by atoms with E-state index in [1.54, 1.807) is 37.3 Å². The molecule has 0 unspecified atom stereocenters. The molecular weight excluding hydrogens is 432 g/mol. The fraction of sp³-hybridized carbons (Fsp3) is 0.217. The Kier molecular flexibility index (Phi) is 7.32. The van der Waals surface area contributed by atoms with Gasteiger partial charge in [0.1, 0.15) is 6.61 Å². The fourth-order valence-electron chi connectivity index (χ4n) is 3.18. The van der Waals surface area contributed by atoms with Crippen molar-refractivity contribution >= 4 is 34.7 Å². The largest absolute Gasteiger partial charge is 0.493 e. The Bertz CT molecular complexity index is 1090. The molecule has 3 rings (SSSR count). The number of non-ortho nitro benzene ring substituents is 1. The van der Waals surface area contributed by atoms with Crippen LogP contribution in [0.25, 0.3) is 6.08 Å². The molecule has 8 nitrogen and oxygen atoms in total. The number of benzene rings is 2. The van der Waals surface area contributed by atoms with Crippen molar-refractivity contribution in [1.82, 2.24) is 4.90 Å². The predicted molar refractivity (Wildman–Crippen MR) is 123 cm³/mol. The minimum atomic E-state index is -0.455. The number of thioether (sulfide) groups is 1. The second kappa shape index (κ2) is 10.1. The predicted octanol–water partition coefficient (Wildman–Crippen LogP) is 4.97. The zero-order chi connectivity index (χ0) is 23.3. The molecule has 1 aliphatic heterocycles. The lowest BCUT2D eigenvalue weighted by Gasteiger charge is -2.16. The first kappa shape index (κ1) is 23.1.